The van der Waals surface area contributed by atoms with E-state index in [1.54, 1.807) is 18.2 Å². The average molecular weight is 262 g/mol. The van der Waals surface area contributed by atoms with Crippen LogP contribution in [0, 0.1) is 11.6 Å². The van der Waals surface area contributed by atoms with Gasteiger partial charge in [-0.25, -0.2) is 8.78 Å². The molecular formula is C14H12F2N2O. The van der Waals surface area contributed by atoms with Crippen LogP contribution in [0.3, 0.4) is 0 Å². The Hall–Kier alpha value is -2.43. The van der Waals surface area contributed by atoms with Gasteiger partial charge in [0.05, 0.1) is 6.21 Å². The average Bonchev–Trinajstić information content (AvgIpc) is 2.40. The van der Waals surface area contributed by atoms with Crippen LogP contribution >= 0.6 is 0 Å². The number of nitrogens with zero attached hydrogens (tertiary/aromatic N) is 1. The Labute approximate surface area is 109 Å². The van der Waals surface area contributed by atoms with Gasteiger partial charge in [0.15, 0.2) is 17.4 Å². The Morgan fingerprint density at radius 3 is 2.42 bits per heavy atom. The van der Waals surface area contributed by atoms with Gasteiger partial charge in [-0.1, -0.05) is 30.3 Å². The number of rotatable bonds is 4. The number of benzene rings is 2. The maximum Gasteiger partial charge on any atom is 0.191 e. The minimum atomic E-state index is -0.732. The molecule has 0 aromatic heterocycles. The molecule has 98 valence electrons. The van der Waals surface area contributed by atoms with Crippen LogP contribution < -0.4 is 10.6 Å². The maximum absolute atomic E-state index is 13.4. The van der Waals surface area contributed by atoms with Crippen LogP contribution in [0.15, 0.2) is 47.6 Å². The fraction of sp³-hybridized carbons (Fsp3) is 0.0714. The van der Waals surface area contributed by atoms with Crippen molar-refractivity contribution < 1.29 is 13.5 Å². The van der Waals surface area contributed by atoms with Gasteiger partial charge < -0.3 is 10.6 Å². The predicted molar refractivity (Wildman–Crippen MR) is 68.9 cm³/mol. The van der Waals surface area contributed by atoms with Gasteiger partial charge >= 0.3 is 0 Å². The molecule has 0 aliphatic rings. The van der Waals surface area contributed by atoms with Crippen LogP contribution in [0.4, 0.5) is 8.78 Å². The van der Waals surface area contributed by atoms with Gasteiger partial charge in [-0.3, -0.25) is 0 Å². The number of hydrazone groups is 1. The first-order valence-electron chi connectivity index (χ1n) is 5.60. The van der Waals surface area contributed by atoms with Crippen molar-refractivity contribution >= 4 is 6.21 Å². The maximum atomic E-state index is 13.4. The monoisotopic (exact) mass is 262 g/mol. The largest absolute Gasteiger partial charge is 0.483 e. The Bertz CT molecular complexity index is 579. The SMILES string of the molecule is NN=Cc1ccccc1COc1c(F)cccc1F. The first-order chi connectivity index (χ1) is 9.22. The fourth-order valence-electron chi connectivity index (χ4n) is 1.64. The van der Waals surface area contributed by atoms with Gasteiger partial charge in [-0.05, 0) is 17.7 Å². The fourth-order valence-corrected chi connectivity index (χ4v) is 1.64. The number of nitrogens with two attached hydrogens (primary N) is 1. The van der Waals surface area contributed by atoms with Crippen LogP contribution in [0.5, 0.6) is 5.75 Å². The molecule has 2 rings (SSSR count). The van der Waals surface area contributed by atoms with Crippen LogP contribution in [0.25, 0.3) is 0 Å². The molecule has 2 aromatic carbocycles. The molecule has 0 unspecified atom stereocenters. The lowest BCUT2D eigenvalue weighted by atomic mass is 10.1. The first kappa shape index (κ1) is 13.0. The van der Waals surface area contributed by atoms with Gasteiger partial charge in [0.2, 0.25) is 0 Å². The van der Waals surface area contributed by atoms with Crippen LogP contribution in [0.2, 0.25) is 0 Å². The van der Waals surface area contributed by atoms with E-state index in [1.165, 1.54) is 12.3 Å². The van der Waals surface area contributed by atoms with Crippen molar-refractivity contribution in [1.82, 2.24) is 0 Å². The molecule has 0 radical (unpaired) electrons. The van der Waals surface area contributed by atoms with E-state index in [0.29, 0.717) is 0 Å². The molecule has 0 fully saturated rings. The summed E-state index contributed by atoms with van der Waals surface area (Å²) in [5, 5.41) is 3.43. The summed E-state index contributed by atoms with van der Waals surface area (Å²) < 4.78 is 32.0. The van der Waals surface area contributed by atoms with Crippen molar-refractivity contribution in [3.63, 3.8) is 0 Å². The molecule has 0 amide bonds. The Balaban J connectivity index is 2.19. The first-order valence-corrected chi connectivity index (χ1v) is 5.60. The van der Waals surface area contributed by atoms with Gasteiger partial charge in [-0.2, -0.15) is 5.10 Å². The minimum Gasteiger partial charge on any atom is -0.483 e. The smallest absolute Gasteiger partial charge is 0.191 e. The van der Waals surface area contributed by atoms with Crippen LogP contribution in [-0.2, 0) is 6.61 Å². The van der Waals surface area contributed by atoms with E-state index in [2.05, 4.69) is 5.10 Å². The molecule has 3 nitrogen and oxygen atoms in total. The number of hydrogen-bond donors (Lipinski definition) is 1. The highest BCUT2D eigenvalue weighted by Gasteiger charge is 2.10. The van der Waals surface area contributed by atoms with E-state index in [1.807, 2.05) is 6.07 Å². The second-order valence-corrected chi connectivity index (χ2v) is 3.82. The van der Waals surface area contributed by atoms with E-state index in [4.69, 9.17) is 10.6 Å². The van der Waals surface area contributed by atoms with E-state index in [9.17, 15) is 8.78 Å². The lowest BCUT2D eigenvalue weighted by Gasteiger charge is -2.09. The summed E-state index contributed by atoms with van der Waals surface area (Å²) in [5.41, 5.74) is 1.47. The molecule has 0 saturated heterocycles. The van der Waals surface area contributed by atoms with Gasteiger partial charge in [-0.15, -0.1) is 0 Å². The van der Waals surface area contributed by atoms with Crippen molar-refractivity contribution in [2.24, 2.45) is 10.9 Å². The van der Waals surface area contributed by atoms with E-state index in [0.717, 1.165) is 23.3 Å². The van der Waals surface area contributed by atoms with Crippen molar-refractivity contribution in [1.29, 1.82) is 0 Å². The summed E-state index contributed by atoms with van der Waals surface area (Å²) in [6.07, 6.45) is 1.45. The van der Waals surface area contributed by atoms with Crippen molar-refractivity contribution in [3.05, 3.63) is 65.2 Å². The summed E-state index contributed by atoms with van der Waals surface area (Å²) in [5.74, 6) is 3.24. The van der Waals surface area contributed by atoms with E-state index < -0.39 is 11.6 Å². The third kappa shape index (κ3) is 3.07. The molecule has 0 atom stereocenters. The summed E-state index contributed by atoms with van der Waals surface area (Å²) in [6.45, 7) is 0.0278. The van der Waals surface area contributed by atoms with Gasteiger partial charge in [0.1, 0.15) is 6.61 Å². The lowest BCUT2D eigenvalue weighted by molar-refractivity contribution is 0.274. The van der Waals surface area contributed by atoms with Crippen LogP contribution in [0.1, 0.15) is 11.1 Å². The molecule has 0 bridgehead atoms. The number of halogens is 2. The standard InChI is InChI=1S/C14H12F2N2O/c15-12-6-3-7-13(16)14(12)19-9-11-5-2-1-4-10(11)8-18-17/h1-8H,9,17H2. The molecule has 2 aromatic rings. The highest BCUT2D eigenvalue weighted by atomic mass is 19.1. The normalized spacial score (nSPS) is 10.8. The number of ether oxygens (including phenoxy) is 1. The zero-order chi connectivity index (χ0) is 13.7. The van der Waals surface area contributed by atoms with E-state index >= 15 is 0 Å². The molecule has 0 aliphatic carbocycles. The molecule has 2 N–H and O–H groups in total. The minimum absolute atomic E-state index is 0.0278. The lowest BCUT2D eigenvalue weighted by Crippen LogP contribution is -2.03. The second-order valence-electron chi connectivity index (χ2n) is 3.82. The molecule has 0 heterocycles. The Morgan fingerprint density at radius 1 is 1.05 bits per heavy atom. The topological polar surface area (TPSA) is 47.6 Å². The number of hydrogen-bond acceptors (Lipinski definition) is 3. The molecule has 0 spiro atoms. The third-order valence-electron chi connectivity index (χ3n) is 2.56. The summed E-state index contributed by atoms with van der Waals surface area (Å²) in [7, 11) is 0. The highest BCUT2D eigenvalue weighted by molar-refractivity contribution is 5.81. The van der Waals surface area contributed by atoms with Crippen molar-refractivity contribution in [2.45, 2.75) is 6.61 Å². The molecule has 5 heteroatoms. The summed E-state index contributed by atoms with van der Waals surface area (Å²) in [6, 6.07) is 10.7. The summed E-state index contributed by atoms with van der Waals surface area (Å²) in [4.78, 5) is 0. The summed E-state index contributed by atoms with van der Waals surface area (Å²) >= 11 is 0. The predicted octanol–water partition coefficient (Wildman–Crippen LogP) is 2.84. The Kier molecular flexibility index (Phi) is 4.07. The second kappa shape index (κ2) is 5.95. The zero-order valence-corrected chi connectivity index (χ0v) is 10.0. The quantitative estimate of drug-likeness (QED) is 0.523. The molecule has 19 heavy (non-hydrogen) atoms. The van der Waals surface area contributed by atoms with E-state index in [-0.39, 0.29) is 12.4 Å². The van der Waals surface area contributed by atoms with Gasteiger partial charge in [0.25, 0.3) is 0 Å². The molecule has 0 aliphatic heterocycles. The van der Waals surface area contributed by atoms with Crippen molar-refractivity contribution in [3.8, 4) is 5.75 Å². The Morgan fingerprint density at radius 2 is 1.74 bits per heavy atom. The molecular weight excluding hydrogens is 250 g/mol. The van der Waals surface area contributed by atoms with Gasteiger partial charge in [0, 0.05) is 5.56 Å². The third-order valence-corrected chi connectivity index (χ3v) is 2.56. The highest BCUT2D eigenvalue weighted by Crippen LogP contribution is 2.22. The van der Waals surface area contributed by atoms with Crippen LogP contribution in [-0.4, -0.2) is 6.21 Å². The number of para-hydroxylation sites is 1. The molecule has 0 saturated carbocycles. The van der Waals surface area contributed by atoms with Crippen molar-refractivity contribution in [2.75, 3.05) is 0 Å². The zero-order valence-electron chi connectivity index (χ0n) is 10.0.